The van der Waals surface area contributed by atoms with Gasteiger partial charge in [-0.15, -0.1) is 0 Å². The first-order chi connectivity index (χ1) is 19.0. The molecule has 0 radical (unpaired) electrons. The number of piperazine rings is 1. The summed E-state index contributed by atoms with van der Waals surface area (Å²) in [6.07, 6.45) is 6.51. The third-order valence-electron chi connectivity index (χ3n) is 7.67. The third kappa shape index (κ3) is 7.68. The first kappa shape index (κ1) is 26.9. The Morgan fingerprint density at radius 3 is 2.41 bits per heavy atom. The Hall–Kier alpha value is -3.69. The summed E-state index contributed by atoms with van der Waals surface area (Å²) >= 11 is 0. The highest BCUT2D eigenvalue weighted by Gasteiger charge is 2.23. The first-order valence-corrected chi connectivity index (χ1v) is 13.9. The van der Waals surface area contributed by atoms with Gasteiger partial charge in [-0.3, -0.25) is 14.6 Å². The Morgan fingerprint density at radius 1 is 0.974 bits per heavy atom. The highest BCUT2D eigenvalue weighted by atomic mass is 16.6. The van der Waals surface area contributed by atoms with Crippen LogP contribution in [0.5, 0.6) is 5.88 Å². The van der Waals surface area contributed by atoms with E-state index in [9.17, 15) is 9.59 Å². The van der Waals surface area contributed by atoms with Crippen LogP contribution in [-0.4, -0.2) is 82.5 Å². The van der Waals surface area contributed by atoms with Crippen molar-refractivity contribution in [1.82, 2.24) is 24.7 Å². The van der Waals surface area contributed by atoms with Crippen LogP contribution in [0.3, 0.4) is 0 Å². The molecule has 0 aliphatic carbocycles. The van der Waals surface area contributed by atoms with Crippen molar-refractivity contribution in [3.8, 4) is 5.88 Å². The van der Waals surface area contributed by atoms with Gasteiger partial charge in [-0.1, -0.05) is 19.1 Å². The summed E-state index contributed by atoms with van der Waals surface area (Å²) < 4.78 is 5.47. The number of H-pyrrole nitrogens is 1. The molecule has 0 bridgehead atoms. The fraction of sp³-hybridized carbons (Fsp3) is 0.433. The Kier molecular flexibility index (Phi) is 8.90. The summed E-state index contributed by atoms with van der Waals surface area (Å²) in [5, 5.41) is 2.86. The smallest absolute Gasteiger partial charge is 0.391 e. The molecule has 0 saturated carbocycles. The molecule has 5 rings (SSSR count). The SMILES string of the molecule is CC1CCN(Cc2ccc(C(=O)Nc3ccc(OC(=O)N4CCN(CCc5ccc[nH]5)CC4)nc3)cc2)CC1. The number of aromatic amines is 1. The lowest BCUT2D eigenvalue weighted by molar-refractivity contribution is 0.102. The van der Waals surface area contributed by atoms with Gasteiger partial charge < -0.3 is 19.9 Å². The minimum atomic E-state index is -0.401. The lowest BCUT2D eigenvalue weighted by Gasteiger charge is -2.33. The number of benzene rings is 1. The Morgan fingerprint density at radius 2 is 1.74 bits per heavy atom. The van der Waals surface area contributed by atoms with E-state index in [0.29, 0.717) is 24.3 Å². The van der Waals surface area contributed by atoms with Gasteiger partial charge in [-0.2, -0.15) is 0 Å². The molecule has 9 heteroatoms. The van der Waals surface area contributed by atoms with Crippen LogP contribution in [0.1, 0.15) is 41.4 Å². The summed E-state index contributed by atoms with van der Waals surface area (Å²) in [5.74, 6) is 0.826. The zero-order chi connectivity index (χ0) is 27.0. The molecule has 2 amide bonds. The zero-order valence-corrected chi connectivity index (χ0v) is 22.6. The lowest BCUT2D eigenvalue weighted by Crippen LogP contribution is -2.50. The standard InChI is InChI=1S/C30H38N6O3/c1-23-10-14-35(15-11-23)22-24-4-6-25(7-5-24)29(37)33-27-8-9-28(32-21-27)39-30(38)36-19-17-34(18-20-36)16-12-26-3-2-13-31-26/h2-9,13,21,23,31H,10-12,14-20,22H2,1H3,(H,33,37). The van der Waals surface area contributed by atoms with Crippen molar-refractivity contribution in [1.29, 1.82) is 0 Å². The van der Waals surface area contributed by atoms with E-state index in [1.54, 1.807) is 17.0 Å². The maximum Gasteiger partial charge on any atom is 0.416 e. The van der Waals surface area contributed by atoms with Gasteiger partial charge in [0.1, 0.15) is 0 Å². The van der Waals surface area contributed by atoms with Crippen LogP contribution in [-0.2, 0) is 13.0 Å². The van der Waals surface area contributed by atoms with Gasteiger partial charge in [0.2, 0.25) is 5.88 Å². The number of anilines is 1. The van der Waals surface area contributed by atoms with Crippen LogP contribution in [0.15, 0.2) is 60.9 Å². The summed E-state index contributed by atoms with van der Waals surface area (Å²) in [4.78, 5) is 39.3. The summed E-state index contributed by atoms with van der Waals surface area (Å²) in [5.41, 5.74) is 3.57. The number of hydrogen-bond acceptors (Lipinski definition) is 6. The zero-order valence-electron chi connectivity index (χ0n) is 22.6. The van der Waals surface area contributed by atoms with E-state index in [0.717, 1.165) is 51.6 Å². The van der Waals surface area contributed by atoms with Crippen LogP contribution in [0, 0.1) is 5.92 Å². The minimum Gasteiger partial charge on any atom is -0.391 e. The van der Waals surface area contributed by atoms with Crippen LogP contribution in [0.4, 0.5) is 10.5 Å². The quantitative estimate of drug-likeness (QED) is 0.452. The van der Waals surface area contributed by atoms with Crippen molar-refractivity contribution in [3.05, 3.63) is 77.7 Å². The molecular formula is C30H38N6O3. The summed E-state index contributed by atoms with van der Waals surface area (Å²) in [7, 11) is 0. The molecule has 0 unspecified atom stereocenters. The number of nitrogens with zero attached hydrogens (tertiary/aromatic N) is 4. The molecule has 0 spiro atoms. The Labute approximate surface area is 230 Å². The van der Waals surface area contributed by atoms with E-state index in [4.69, 9.17) is 4.74 Å². The second-order valence-corrected chi connectivity index (χ2v) is 10.6. The van der Waals surface area contributed by atoms with E-state index < -0.39 is 6.09 Å². The van der Waals surface area contributed by atoms with Crippen LogP contribution < -0.4 is 10.1 Å². The molecular weight excluding hydrogens is 492 g/mol. The maximum absolute atomic E-state index is 12.7. The number of piperidine rings is 1. The number of carbonyl (C=O) groups is 2. The number of rotatable bonds is 8. The van der Waals surface area contributed by atoms with Crippen molar-refractivity contribution in [2.24, 2.45) is 5.92 Å². The van der Waals surface area contributed by atoms with Gasteiger partial charge >= 0.3 is 6.09 Å². The van der Waals surface area contributed by atoms with Crippen molar-refractivity contribution in [2.45, 2.75) is 32.7 Å². The molecule has 206 valence electrons. The number of likely N-dealkylation sites (tertiary alicyclic amines) is 1. The van der Waals surface area contributed by atoms with E-state index >= 15 is 0 Å². The predicted octanol–water partition coefficient (Wildman–Crippen LogP) is 4.25. The van der Waals surface area contributed by atoms with Crippen molar-refractivity contribution in [2.75, 3.05) is 51.1 Å². The van der Waals surface area contributed by atoms with Crippen molar-refractivity contribution >= 4 is 17.7 Å². The molecule has 2 saturated heterocycles. The number of aromatic nitrogens is 2. The van der Waals surface area contributed by atoms with E-state index in [2.05, 4.69) is 38.1 Å². The van der Waals surface area contributed by atoms with E-state index in [1.165, 1.54) is 30.3 Å². The van der Waals surface area contributed by atoms with Gasteiger partial charge in [0, 0.05) is 69.2 Å². The molecule has 2 aliphatic rings. The fourth-order valence-electron chi connectivity index (χ4n) is 5.07. The number of amides is 2. The largest absolute Gasteiger partial charge is 0.416 e. The topological polar surface area (TPSA) is 93.8 Å². The normalized spacial score (nSPS) is 17.2. The molecule has 4 heterocycles. The van der Waals surface area contributed by atoms with Crippen molar-refractivity contribution < 1.29 is 14.3 Å². The first-order valence-electron chi connectivity index (χ1n) is 13.9. The third-order valence-corrected chi connectivity index (χ3v) is 7.67. The average molecular weight is 531 g/mol. The molecule has 0 atom stereocenters. The molecule has 2 N–H and O–H groups in total. The molecule has 1 aromatic carbocycles. The average Bonchev–Trinajstić information content (AvgIpc) is 3.49. The number of ether oxygens (including phenoxy) is 1. The van der Waals surface area contributed by atoms with Crippen LogP contribution >= 0.6 is 0 Å². The lowest BCUT2D eigenvalue weighted by atomic mass is 9.99. The van der Waals surface area contributed by atoms with Gasteiger partial charge in [0.05, 0.1) is 11.9 Å². The second kappa shape index (κ2) is 12.9. The van der Waals surface area contributed by atoms with Gasteiger partial charge in [0.25, 0.3) is 5.91 Å². The monoisotopic (exact) mass is 530 g/mol. The molecule has 39 heavy (non-hydrogen) atoms. The van der Waals surface area contributed by atoms with Crippen LogP contribution in [0.2, 0.25) is 0 Å². The number of carbonyl (C=O) groups excluding carboxylic acids is 2. The molecule has 2 fully saturated rings. The number of nitrogens with one attached hydrogen (secondary N) is 2. The Bertz CT molecular complexity index is 1200. The maximum atomic E-state index is 12.7. The number of pyridine rings is 1. The summed E-state index contributed by atoms with van der Waals surface area (Å²) in [6.45, 7) is 9.32. The van der Waals surface area contributed by atoms with Crippen molar-refractivity contribution in [3.63, 3.8) is 0 Å². The van der Waals surface area contributed by atoms with Gasteiger partial charge in [-0.25, -0.2) is 9.78 Å². The highest BCUT2D eigenvalue weighted by molar-refractivity contribution is 6.04. The molecule has 2 aromatic heterocycles. The van der Waals surface area contributed by atoms with E-state index in [-0.39, 0.29) is 11.8 Å². The van der Waals surface area contributed by atoms with Gasteiger partial charge in [-0.05, 0) is 67.7 Å². The Balaban J connectivity index is 1.04. The molecule has 3 aromatic rings. The van der Waals surface area contributed by atoms with E-state index in [1.807, 2.05) is 36.5 Å². The molecule has 9 nitrogen and oxygen atoms in total. The predicted molar refractivity (Wildman–Crippen MR) is 151 cm³/mol. The second-order valence-electron chi connectivity index (χ2n) is 10.6. The number of hydrogen-bond donors (Lipinski definition) is 2. The highest BCUT2D eigenvalue weighted by Crippen LogP contribution is 2.19. The fourth-order valence-corrected chi connectivity index (χ4v) is 5.07. The minimum absolute atomic E-state index is 0.200. The molecule has 2 aliphatic heterocycles. The van der Waals surface area contributed by atoms with Gasteiger partial charge in [0.15, 0.2) is 0 Å². The van der Waals surface area contributed by atoms with Crippen LogP contribution in [0.25, 0.3) is 0 Å². The summed E-state index contributed by atoms with van der Waals surface area (Å²) in [6, 6.07) is 15.2.